The molecule has 14 heavy (non-hydrogen) atoms. The minimum Gasteiger partial charge on any atom is -0.327 e. The molecule has 1 aromatic rings. The molecule has 0 saturated heterocycles. The van der Waals surface area contributed by atoms with E-state index in [2.05, 4.69) is 34.0 Å². The van der Waals surface area contributed by atoms with Gasteiger partial charge in [0.1, 0.15) is 0 Å². The molecule has 0 aliphatic carbocycles. The monoisotopic (exact) mass is 251 g/mol. The van der Waals surface area contributed by atoms with Crippen molar-refractivity contribution in [2.75, 3.05) is 0 Å². The third-order valence-electron chi connectivity index (χ3n) is 2.07. The Labute approximate surface area is 93.8 Å². The Morgan fingerprint density at radius 3 is 2.57 bits per heavy atom. The molecule has 0 aliphatic rings. The van der Waals surface area contributed by atoms with E-state index in [9.17, 15) is 0 Å². The minimum atomic E-state index is 0.173. The molecule has 1 aromatic carbocycles. The first kappa shape index (κ1) is 11.3. The summed E-state index contributed by atoms with van der Waals surface area (Å²) in [4.78, 5) is 0. The summed E-state index contributed by atoms with van der Waals surface area (Å²) in [6.45, 7) is 0. The zero-order valence-electron chi connectivity index (χ0n) is 8.04. The van der Waals surface area contributed by atoms with Crippen molar-refractivity contribution in [3.8, 4) is 12.3 Å². The van der Waals surface area contributed by atoms with E-state index in [-0.39, 0.29) is 6.04 Å². The van der Waals surface area contributed by atoms with Gasteiger partial charge in [-0.15, -0.1) is 12.3 Å². The molecule has 2 N–H and O–H groups in total. The highest BCUT2D eigenvalue weighted by Crippen LogP contribution is 2.12. The molecule has 0 aromatic heterocycles. The van der Waals surface area contributed by atoms with Crippen molar-refractivity contribution in [3.05, 3.63) is 34.3 Å². The zero-order valence-corrected chi connectivity index (χ0v) is 9.63. The maximum absolute atomic E-state index is 5.92. The second-order valence-electron chi connectivity index (χ2n) is 3.33. The first-order valence-electron chi connectivity index (χ1n) is 4.66. The molecule has 0 bridgehead atoms. The molecule has 1 nitrogen and oxygen atoms in total. The summed E-state index contributed by atoms with van der Waals surface area (Å²) in [5.74, 6) is 2.61. The lowest BCUT2D eigenvalue weighted by atomic mass is 10.0. The second kappa shape index (κ2) is 5.85. The number of benzene rings is 1. The van der Waals surface area contributed by atoms with Gasteiger partial charge in [0, 0.05) is 16.9 Å². The average molecular weight is 252 g/mol. The summed E-state index contributed by atoms with van der Waals surface area (Å²) in [6.07, 6.45) is 7.73. The topological polar surface area (TPSA) is 26.0 Å². The summed E-state index contributed by atoms with van der Waals surface area (Å²) in [5.41, 5.74) is 7.18. The van der Waals surface area contributed by atoms with Crippen molar-refractivity contribution in [1.29, 1.82) is 0 Å². The van der Waals surface area contributed by atoms with E-state index in [4.69, 9.17) is 12.2 Å². The molecule has 0 amide bonds. The Bertz CT molecular complexity index is 310. The van der Waals surface area contributed by atoms with E-state index in [1.165, 1.54) is 5.56 Å². The molecule has 0 saturated carbocycles. The summed E-state index contributed by atoms with van der Waals surface area (Å²) >= 11 is 3.40. The van der Waals surface area contributed by atoms with Crippen LogP contribution in [0, 0.1) is 12.3 Å². The molecular formula is C12H14BrN. The van der Waals surface area contributed by atoms with Gasteiger partial charge in [-0.3, -0.25) is 0 Å². The van der Waals surface area contributed by atoms with E-state index in [0.29, 0.717) is 0 Å². The van der Waals surface area contributed by atoms with Crippen molar-refractivity contribution in [1.82, 2.24) is 0 Å². The van der Waals surface area contributed by atoms with Gasteiger partial charge in [0.15, 0.2) is 0 Å². The summed E-state index contributed by atoms with van der Waals surface area (Å²) in [7, 11) is 0. The molecule has 0 aliphatic heterocycles. The van der Waals surface area contributed by atoms with Crippen LogP contribution in [0.15, 0.2) is 28.7 Å². The average Bonchev–Trinajstić information content (AvgIpc) is 2.18. The molecule has 0 fully saturated rings. The van der Waals surface area contributed by atoms with Crippen molar-refractivity contribution in [3.63, 3.8) is 0 Å². The first-order chi connectivity index (χ1) is 6.72. The van der Waals surface area contributed by atoms with Crippen LogP contribution < -0.4 is 5.73 Å². The van der Waals surface area contributed by atoms with Crippen LogP contribution >= 0.6 is 15.9 Å². The SMILES string of the molecule is C#CCCC(N)Cc1ccc(Br)cc1. The van der Waals surface area contributed by atoms with Gasteiger partial charge in [0.05, 0.1) is 0 Å². The van der Waals surface area contributed by atoms with Gasteiger partial charge >= 0.3 is 0 Å². The third kappa shape index (κ3) is 3.95. The number of halogens is 1. The van der Waals surface area contributed by atoms with Crippen LogP contribution in [0.25, 0.3) is 0 Å². The van der Waals surface area contributed by atoms with E-state index in [0.717, 1.165) is 23.7 Å². The third-order valence-corrected chi connectivity index (χ3v) is 2.60. The lowest BCUT2D eigenvalue weighted by molar-refractivity contribution is 0.623. The highest BCUT2D eigenvalue weighted by molar-refractivity contribution is 9.10. The van der Waals surface area contributed by atoms with Crippen LogP contribution in [-0.2, 0) is 6.42 Å². The fourth-order valence-electron chi connectivity index (χ4n) is 1.29. The molecule has 1 atom stereocenters. The molecule has 0 heterocycles. The molecule has 0 spiro atoms. The maximum Gasteiger partial charge on any atom is 0.0175 e. The normalized spacial score (nSPS) is 12.1. The lowest BCUT2D eigenvalue weighted by Gasteiger charge is -2.09. The number of hydrogen-bond donors (Lipinski definition) is 1. The van der Waals surface area contributed by atoms with Crippen LogP contribution in [-0.4, -0.2) is 6.04 Å². The molecular weight excluding hydrogens is 238 g/mol. The van der Waals surface area contributed by atoms with E-state index < -0.39 is 0 Å². The Hall–Kier alpha value is -0.780. The number of terminal acetylenes is 1. The van der Waals surface area contributed by atoms with Crippen LogP contribution in [0.1, 0.15) is 18.4 Å². The van der Waals surface area contributed by atoms with Crippen molar-refractivity contribution in [2.45, 2.75) is 25.3 Å². The van der Waals surface area contributed by atoms with Crippen molar-refractivity contribution >= 4 is 15.9 Å². The van der Waals surface area contributed by atoms with Gasteiger partial charge in [0.25, 0.3) is 0 Å². The first-order valence-corrected chi connectivity index (χ1v) is 5.45. The van der Waals surface area contributed by atoms with Gasteiger partial charge in [-0.2, -0.15) is 0 Å². The standard InChI is InChI=1S/C12H14BrN/c1-2-3-4-12(14)9-10-5-7-11(13)8-6-10/h1,5-8,12H,3-4,9,14H2. The van der Waals surface area contributed by atoms with E-state index >= 15 is 0 Å². The Morgan fingerprint density at radius 2 is 2.00 bits per heavy atom. The maximum atomic E-state index is 5.92. The predicted octanol–water partition coefficient (Wildman–Crippen LogP) is 2.73. The molecule has 1 unspecified atom stereocenters. The molecule has 1 rings (SSSR count). The largest absolute Gasteiger partial charge is 0.327 e. The minimum absolute atomic E-state index is 0.173. The van der Waals surface area contributed by atoms with Crippen molar-refractivity contribution < 1.29 is 0 Å². The van der Waals surface area contributed by atoms with E-state index in [1.54, 1.807) is 0 Å². The molecule has 2 heteroatoms. The summed E-state index contributed by atoms with van der Waals surface area (Å²) in [5, 5.41) is 0. The van der Waals surface area contributed by atoms with Crippen LogP contribution in [0.3, 0.4) is 0 Å². The van der Waals surface area contributed by atoms with Crippen LogP contribution in [0.4, 0.5) is 0 Å². The van der Waals surface area contributed by atoms with E-state index in [1.807, 2.05) is 12.1 Å². The second-order valence-corrected chi connectivity index (χ2v) is 4.25. The highest BCUT2D eigenvalue weighted by Gasteiger charge is 2.02. The van der Waals surface area contributed by atoms with Gasteiger partial charge in [-0.05, 0) is 30.5 Å². The predicted molar refractivity (Wildman–Crippen MR) is 63.9 cm³/mol. The smallest absolute Gasteiger partial charge is 0.0175 e. The number of rotatable bonds is 4. The Balaban J connectivity index is 2.44. The molecule has 0 radical (unpaired) electrons. The van der Waals surface area contributed by atoms with Gasteiger partial charge in [0.2, 0.25) is 0 Å². The fraction of sp³-hybridized carbons (Fsp3) is 0.333. The van der Waals surface area contributed by atoms with Gasteiger partial charge in [-0.1, -0.05) is 28.1 Å². The summed E-state index contributed by atoms with van der Waals surface area (Å²) < 4.78 is 1.10. The lowest BCUT2D eigenvalue weighted by Crippen LogP contribution is -2.22. The number of hydrogen-bond acceptors (Lipinski definition) is 1. The van der Waals surface area contributed by atoms with Gasteiger partial charge < -0.3 is 5.73 Å². The quantitative estimate of drug-likeness (QED) is 0.819. The zero-order chi connectivity index (χ0) is 10.4. The Kier molecular flexibility index (Phi) is 4.72. The van der Waals surface area contributed by atoms with Crippen molar-refractivity contribution in [2.24, 2.45) is 5.73 Å². The highest BCUT2D eigenvalue weighted by atomic mass is 79.9. The van der Waals surface area contributed by atoms with Crippen LogP contribution in [0.2, 0.25) is 0 Å². The fourth-order valence-corrected chi connectivity index (χ4v) is 1.56. The van der Waals surface area contributed by atoms with Gasteiger partial charge in [-0.25, -0.2) is 0 Å². The Morgan fingerprint density at radius 1 is 1.36 bits per heavy atom. The number of nitrogens with two attached hydrogens (primary N) is 1. The summed E-state index contributed by atoms with van der Waals surface area (Å²) in [6, 6.07) is 8.40. The molecule has 74 valence electrons. The van der Waals surface area contributed by atoms with Crippen LogP contribution in [0.5, 0.6) is 0 Å².